The average molecular weight is 270 g/mol. The molecule has 0 radical (unpaired) electrons. The van der Waals surface area contributed by atoms with Gasteiger partial charge in [-0.1, -0.05) is 18.5 Å². The summed E-state index contributed by atoms with van der Waals surface area (Å²) in [6.45, 7) is 1.95. The lowest BCUT2D eigenvalue weighted by Crippen LogP contribution is -1.85. The average Bonchev–Trinajstić information content (AvgIpc) is 2.70. The van der Waals surface area contributed by atoms with Gasteiger partial charge in [0.25, 0.3) is 0 Å². The largest absolute Gasteiger partial charge is 0.296 e. The SMILES string of the molecule is CCc1sc(-c2cc(F)cc(Cl)c2)nc1C=O. The van der Waals surface area contributed by atoms with Crippen molar-refractivity contribution in [1.29, 1.82) is 0 Å². The summed E-state index contributed by atoms with van der Waals surface area (Å²) in [6.07, 6.45) is 1.45. The Morgan fingerprint density at radius 3 is 2.76 bits per heavy atom. The van der Waals surface area contributed by atoms with Gasteiger partial charge in [0, 0.05) is 15.5 Å². The van der Waals surface area contributed by atoms with E-state index in [-0.39, 0.29) is 0 Å². The zero-order valence-corrected chi connectivity index (χ0v) is 10.6. The second-order valence-electron chi connectivity index (χ2n) is 3.46. The third-order valence-corrected chi connectivity index (χ3v) is 3.75. The Morgan fingerprint density at radius 1 is 1.47 bits per heavy atom. The monoisotopic (exact) mass is 269 g/mol. The van der Waals surface area contributed by atoms with Crippen molar-refractivity contribution < 1.29 is 9.18 Å². The molecule has 0 saturated carbocycles. The zero-order chi connectivity index (χ0) is 12.4. The first-order valence-electron chi connectivity index (χ1n) is 5.05. The molecule has 1 aromatic heterocycles. The molecule has 2 aromatic rings. The number of aryl methyl sites for hydroxylation is 1. The first kappa shape index (κ1) is 12.2. The smallest absolute Gasteiger partial charge is 0.169 e. The number of carbonyl (C=O) groups excluding carboxylic acids is 1. The van der Waals surface area contributed by atoms with Gasteiger partial charge in [0.2, 0.25) is 0 Å². The second kappa shape index (κ2) is 4.94. The fourth-order valence-electron chi connectivity index (χ4n) is 1.51. The molecule has 0 aliphatic carbocycles. The molecule has 2 nitrogen and oxygen atoms in total. The summed E-state index contributed by atoms with van der Waals surface area (Å²) in [5.41, 5.74) is 1.02. The molecule has 2 rings (SSSR count). The third-order valence-electron chi connectivity index (χ3n) is 2.27. The van der Waals surface area contributed by atoms with Gasteiger partial charge in [-0.15, -0.1) is 11.3 Å². The van der Waals surface area contributed by atoms with E-state index in [9.17, 15) is 9.18 Å². The molecular formula is C12H9ClFNOS. The topological polar surface area (TPSA) is 30.0 Å². The van der Waals surface area contributed by atoms with Gasteiger partial charge in [-0.3, -0.25) is 4.79 Å². The molecule has 0 aliphatic heterocycles. The van der Waals surface area contributed by atoms with Crippen LogP contribution in [0, 0.1) is 5.82 Å². The lowest BCUT2D eigenvalue weighted by molar-refractivity contribution is 0.111. The molecule has 0 spiro atoms. The van der Waals surface area contributed by atoms with E-state index in [1.807, 2.05) is 6.92 Å². The van der Waals surface area contributed by atoms with Crippen LogP contribution >= 0.6 is 22.9 Å². The highest BCUT2D eigenvalue weighted by atomic mass is 35.5. The molecule has 17 heavy (non-hydrogen) atoms. The second-order valence-corrected chi connectivity index (χ2v) is 4.98. The van der Waals surface area contributed by atoms with Crippen molar-refractivity contribution >= 4 is 29.2 Å². The fraction of sp³-hybridized carbons (Fsp3) is 0.167. The summed E-state index contributed by atoms with van der Waals surface area (Å²) >= 11 is 7.17. The van der Waals surface area contributed by atoms with Crippen LogP contribution in [0.2, 0.25) is 5.02 Å². The van der Waals surface area contributed by atoms with E-state index < -0.39 is 5.82 Å². The number of rotatable bonds is 3. The molecule has 0 fully saturated rings. The summed E-state index contributed by atoms with van der Waals surface area (Å²) < 4.78 is 13.2. The van der Waals surface area contributed by atoms with Crippen molar-refractivity contribution in [2.24, 2.45) is 0 Å². The van der Waals surface area contributed by atoms with Crippen molar-refractivity contribution in [3.05, 3.63) is 39.6 Å². The zero-order valence-electron chi connectivity index (χ0n) is 9.04. The van der Waals surface area contributed by atoms with Gasteiger partial charge < -0.3 is 0 Å². The van der Waals surface area contributed by atoms with Crippen LogP contribution in [0.25, 0.3) is 10.6 Å². The molecule has 0 bridgehead atoms. The lowest BCUT2D eigenvalue weighted by Gasteiger charge is -1.97. The molecule has 0 unspecified atom stereocenters. The Hall–Kier alpha value is -1.26. The molecular weight excluding hydrogens is 261 g/mol. The van der Waals surface area contributed by atoms with Gasteiger partial charge in [0.15, 0.2) is 6.29 Å². The molecule has 0 N–H and O–H groups in total. The maximum Gasteiger partial charge on any atom is 0.169 e. The van der Waals surface area contributed by atoms with Crippen molar-refractivity contribution in [3.63, 3.8) is 0 Å². The number of hydrogen-bond donors (Lipinski definition) is 0. The fourth-order valence-corrected chi connectivity index (χ4v) is 2.69. The minimum absolute atomic E-state index is 0.320. The number of benzene rings is 1. The minimum atomic E-state index is -0.409. The van der Waals surface area contributed by atoms with E-state index in [1.54, 1.807) is 6.07 Å². The van der Waals surface area contributed by atoms with Gasteiger partial charge >= 0.3 is 0 Å². The molecule has 1 aromatic carbocycles. The van der Waals surface area contributed by atoms with E-state index >= 15 is 0 Å². The van der Waals surface area contributed by atoms with Gasteiger partial charge in [0.05, 0.1) is 0 Å². The van der Waals surface area contributed by atoms with Crippen LogP contribution in [0.3, 0.4) is 0 Å². The number of nitrogens with zero attached hydrogens (tertiary/aromatic N) is 1. The van der Waals surface area contributed by atoms with Crippen LogP contribution in [0.4, 0.5) is 4.39 Å². The molecule has 0 atom stereocenters. The molecule has 5 heteroatoms. The summed E-state index contributed by atoms with van der Waals surface area (Å²) in [7, 11) is 0. The van der Waals surface area contributed by atoms with Crippen LogP contribution < -0.4 is 0 Å². The summed E-state index contributed by atoms with van der Waals surface area (Å²) in [5.74, 6) is -0.409. The molecule has 0 saturated heterocycles. The predicted molar refractivity (Wildman–Crippen MR) is 67.3 cm³/mol. The Bertz CT molecular complexity index is 547. The molecule has 0 amide bonds. The highest BCUT2D eigenvalue weighted by Crippen LogP contribution is 2.30. The van der Waals surface area contributed by atoms with E-state index in [0.29, 0.717) is 21.3 Å². The van der Waals surface area contributed by atoms with Crippen LogP contribution in [0.5, 0.6) is 0 Å². The standard InChI is InChI=1S/C12H9ClFNOS/c1-2-11-10(6-16)15-12(17-11)7-3-8(13)5-9(14)4-7/h3-6H,2H2,1H3. The van der Waals surface area contributed by atoms with E-state index in [1.165, 1.54) is 23.5 Å². The highest BCUT2D eigenvalue weighted by molar-refractivity contribution is 7.15. The Balaban J connectivity index is 2.52. The number of thiazole rings is 1. The molecule has 0 aliphatic rings. The van der Waals surface area contributed by atoms with Crippen molar-refractivity contribution in [2.45, 2.75) is 13.3 Å². The maximum absolute atomic E-state index is 13.2. The van der Waals surface area contributed by atoms with Gasteiger partial charge in [-0.2, -0.15) is 0 Å². The van der Waals surface area contributed by atoms with E-state index in [0.717, 1.165) is 17.6 Å². The third kappa shape index (κ3) is 2.53. The summed E-state index contributed by atoms with van der Waals surface area (Å²) in [5, 5.41) is 0.936. The number of hydrogen-bond acceptors (Lipinski definition) is 3. The lowest BCUT2D eigenvalue weighted by atomic mass is 10.2. The van der Waals surface area contributed by atoms with Crippen LogP contribution in [-0.2, 0) is 6.42 Å². The van der Waals surface area contributed by atoms with E-state index in [4.69, 9.17) is 11.6 Å². The van der Waals surface area contributed by atoms with Crippen LogP contribution in [0.15, 0.2) is 18.2 Å². The maximum atomic E-state index is 13.2. The van der Waals surface area contributed by atoms with Crippen molar-refractivity contribution in [3.8, 4) is 10.6 Å². The number of aromatic nitrogens is 1. The highest BCUT2D eigenvalue weighted by Gasteiger charge is 2.11. The van der Waals surface area contributed by atoms with Gasteiger partial charge in [-0.05, 0) is 24.6 Å². The number of halogens is 2. The summed E-state index contributed by atoms with van der Waals surface area (Å²) in [6, 6.07) is 4.23. The van der Waals surface area contributed by atoms with Gasteiger partial charge in [0.1, 0.15) is 16.5 Å². The first-order chi connectivity index (χ1) is 8.13. The molecule has 88 valence electrons. The van der Waals surface area contributed by atoms with Crippen LogP contribution in [0.1, 0.15) is 22.3 Å². The van der Waals surface area contributed by atoms with Crippen molar-refractivity contribution in [1.82, 2.24) is 4.98 Å². The minimum Gasteiger partial charge on any atom is -0.296 e. The Labute approximate surface area is 107 Å². The summed E-state index contributed by atoms with van der Waals surface area (Å²) in [4.78, 5) is 15.9. The number of aldehydes is 1. The van der Waals surface area contributed by atoms with Crippen LogP contribution in [-0.4, -0.2) is 11.3 Å². The Kier molecular flexibility index (Phi) is 3.54. The first-order valence-corrected chi connectivity index (χ1v) is 6.24. The number of carbonyl (C=O) groups is 1. The quantitative estimate of drug-likeness (QED) is 0.789. The normalized spacial score (nSPS) is 10.5. The molecule has 1 heterocycles. The van der Waals surface area contributed by atoms with Crippen molar-refractivity contribution in [2.75, 3.05) is 0 Å². The van der Waals surface area contributed by atoms with E-state index in [2.05, 4.69) is 4.98 Å². The predicted octanol–water partition coefficient (Wildman–Crippen LogP) is 3.98. The van der Waals surface area contributed by atoms with Gasteiger partial charge in [-0.25, -0.2) is 9.37 Å². The Morgan fingerprint density at radius 2 is 2.24 bits per heavy atom.